The van der Waals surface area contributed by atoms with E-state index in [2.05, 4.69) is 4.98 Å². The van der Waals surface area contributed by atoms with E-state index in [1.54, 1.807) is 19.2 Å². The van der Waals surface area contributed by atoms with E-state index in [0.717, 1.165) is 15.6 Å². The average molecular weight is 266 g/mol. The number of nitrogens with zero attached hydrogens (tertiary/aromatic N) is 1. The lowest BCUT2D eigenvalue weighted by Gasteiger charge is -1.99. The molecule has 0 aliphatic carbocycles. The summed E-state index contributed by atoms with van der Waals surface area (Å²) < 4.78 is 18.6. The third-order valence-electron chi connectivity index (χ3n) is 2.59. The van der Waals surface area contributed by atoms with Crippen LogP contribution in [0.3, 0.4) is 0 Å². The van der Waals surface area contributed by atoms with Gasteiger partial charge in [-0.3, -0.25) is 0 Å². The molecule has 0 radical (unpaired) electrons. The van der Waals surface area contributed by atoms with Crippen LogP contribution in [0.1, 0.15) is 21.1 Å². The molecule has 0 spiro atoms. The van der Waals surface area contributed by atoms with Crippen molar-refractivity contribution >= 4 is 11.3 Å². The first kappa shape index (κ1) is 13.1. The maximum absolute atomic E-state index is 13.5. The zero-order valence-corrected chi connectivity index (χ0v) is 11.0. The lowest BCUT2D eigenvalue weighted by molar-refractivity contribution is 0.181. The van der Waals surface area contributed by atoms with Crippen LogP contribution >= 0.6 is 11.3 Å². The number of halogens is 1. The molecule has 0 saturated heterocycles. The SMILES string of the molecule is COCc1nc(Cc2ccccc2F)sc1CN. The second-order valence-electron chi connectivity index (χ2n) is 3.88. The van der Waals surface area contributed by atoms with Crippen LogP contribution in [0.4, 0.5) is 4.39 Å². The van der Waals surface area contributed by atoms with Crippen molar-refractivity contribution < 1.29 is 9.13 Å². The molecule has 5 heteroatoms. The van der Waals surface area contributed by atoms with Crippen LogP contribution < -0.4 is 5.73 Å². The van der Waals surface area contributed by atoms with Gasteiger partial charge < -0.3 is 10.5 Å². The molecular weight excluding hydrogens is 251 g/mol. The van der Waals surface area contributed by atoms with Gasteiger partial charge in [-0.15, -0.1) is 11.3 Å². The van der Waals surface area contributed by atoms with Crippen molar-refractivity contribution in [2.45, 2.75) is 19.6 Å². The van der Waals surface area contributed by atoms with Gasteiger partial charge in [0.2, 0.25) is 0 Å². The monoisotopic (exact) mass is 266 g/mol. The number of ether oxygens (including phenoxy) is 1. The molecule has 2 N–H and O–H groups in total. The molecule has 0 amide bonds. The molecule has 0 bridgehead atoms. The summed E-state index contributed by atoms with van der Waals surface area (Å²) in [6.45, 7) is 0.883. The summed E-state index contributed by atoms with van der Waals surface area (Å²) in [6, 6.07) is 6.74. The molecule has 1 heterocycles. The third-order valence-corrected chi connectivity index (χ3v) is 3.71. The maximum Gasteiger partial charge on any atom is 0.126 e. The Kier molecular flexibility index (Phi) is 4.41. The van der Waals surface area contributed by atoms with Gasteiger partial charge in [0.1, 0.15) is 5.82 Å². The Morgan fingerprint density at radius 1 is 1.39 bits per heavy atom. The topological polar surface area (TPSA) is 48.1 Å². The van der Waals surface area contributed by atoms with Crippen molar-refractivity contribution in [3.63, 3.8) is 0 Å². The summed E-state index contributed by atoms with van der Waals surface area (Å²) >= 11 is 1.52. The fourth-order valence-corrected chi connectivity index (χ4v) is 2.70. The number of aromatic nitrogens is 1. The van der Waals surface area contributed by atoms with E-state index in [4.69, 9.17) is 10.5 Å². The lowest BCUT2D eigenvalue weighted by Crippen LogP contribution is -1.99. The summed E-state index contributed by atoms with van der Waals surface area (Å²) in [5.74, 6) is -0.199. The van der Waals surface area contributed by atoms with Crippen molar-refractivity contribution in [2.24, 2.45) is 5.73 Å². The number of benzene rings is 1. The quantitative estimate of drug-likeness (QED) is 0.904. The zero-order chi connectivity index (χ0) is 13.0. The predicted molar refractivity (Wildman–Crippen MR) is 69.9 cm³/mol. The first-order valence-corrected chi connectivity index (χ1v) is 6.46. The number of hydrogen-bond donors (Lipinski definition) is 1. The van der Waals surface area contributed by atoms with Crippen LogP contribution in [0.15, 0.2) is 24.3 Å². The molecule has 3 nitrogen and oxygen atoms in total. The van der Waals surface area contributed by atoms with E-state index in [0.29, 0.717) is 25.1 Å². The van der Waals surface area contributed by atoms with Crippen LogP contribution in [0.2, 0.25) is 0 Å². The smallest absolute Gasteiger partial charge is 0.126 e. The maximum atomic E-state index is 13.5. The fourth-order valence-electron chi connectivity index (χ4n) is 1.73. The first-order valence-electron chi connectivity index (χ1n) is 5.64. The highest BCUT2D eigenvalue weighted by Crippen LogP contribution is 2.22. The van der Waals surface area contributed by atoms with Gasteiger partial charge in [-0.05, 0) is 11.6 Å². The van der Waals surface area contributed by atoms with E-state index >= 15 is 0 Å². The molecule has 96 valence electrons. The number of thiazole rings is 1. The van der Waals surface area contributed by atoms with E-state index in [9.17, 15) is 4.39 Å². The Bertz CT molecular complexity index is 527. The number of nitrogens with two attached hydrogens (primary N) is 1. The molecule has 2 rings (SSSR count). The highest BCUT2D eigenvalue weighted by atomic mass is 32.1. The van der Waals surface area contributed by atoms with E-state index in [1.807, 2.05) is 6.07 Å². The summed E-state index contributed by atoms with van der Waals surface area (Å²) in [6.07, 6.45) is 0.494. The number of methoxy groups -OCH3 is 1. The minimum Gasteiger partial charge on any atom is -0.378 e. The summed E-state index contributed by atoms with van der Waals surface area (Å²) in [4.78, 5) is 5.46. The largest absolute Gasteiger partial charge is 0.378 e. The van der Waals surface area contributed by atoms with Gasteiger partial charge >= 0.3 is 0 Å². The van der Waals surface area contributed by atoms with Gasteiger partial charge in [-0.1, -0.05) is 18.2 Å². The van der Waals surface area contributed by atoms with Gasteiger partial charge in [-0.2, -0.15) is 0 Å². The molecule has 0 aliphatic rings. The minimum absolute atomic E-state index is 0.199. The van der Waals surface area contributed by atoms with Gasteiger partial charge in [0.05, 0.1) is 17.3 Å². The Morgan fingerprint density at radius 3 is 2.83 bits per heavy atom. The second-order valence-corrected chi connectivity index (χ2v) is 5.05. The predicted octanol–water partition coefficient (Wildman–Crippen LogP) is 2.48. The molecule has 0 fully saturated rings. The van der Waals surface area contributed by atoms with Gasteiger partial charge in [0, 0.05) is 25.0 Å². The molecule has 0 aliphatic heterocycles. The average Bonchev–Trinajstić information content (AvgIpc) is 2.75. The lowest BCUT2D eigenvalue weighted by atomic mass is 10.1. The van der Waals surface area contributed by atoms with Crippen LogP contribution in [0.5, 0.6) is 0 Å². The standard InChI is InChI=1S/C13H15FN2OS/c1-17-8-11-12(7-15)18-13(16-11)6-9-4-2-3-5-10(9)14/h2-5H,6-8,15H2,1H3. The number of hydrogen-bond acceptors (Lipinski definition) is 4. The molecule has 0 unspecified atom stereocenters. The highest BCUT2D eigenvalue weighted by molar-refractivity contribution is 7.11. The van der Waals surface area contributed by atoms with Gasteiger partial charge in [-0.25, -0.2) is 9.37 Å². The van der Waals surface area contributed by atoms with Crippen LogP contribution in [0.25, 0.3) is 0 Å². The van der Waals surface area contributed by atoms with Gasteiger partial charge in [0.25, 0.3) is 0 Å². The van der Waals surface area contributed by atoms with E-state index < -0.39 is 0 Å². The summed E-state index contributed by atoms with van der Waals surface area (Å²) in [7, 11) is 1.62. The van der Waals surface area contributed by atoms with Crippen LogP contribution in [0, 0.1) is 5.82 Å². The Morgan fingerprint density at radius 2 is 2.17 bits per heavy atom. The normalized spacial score (nSPS) is 10.8. The fraction of sp³-hybridized carbons (Fsp3) is 0.308. The van der Waals surface area contributed by atoms with Crippen molar-refractivity contribution in [3.05, 3.63) is 51.2 Å². The first-order chi connectivity index (χ1) is 8.74. The molecule has 1 aromatic carbocycles. The van der Waals surface area contributed by atoms with E-state index in [-0.39, 0.29) is 5.82 Å². The number of rotatable bonds is 5. The molecule has 0 atom stereocenters. The second kappa shape index (κ2) is 6.04. The Labute approximate surface area is 109 Å². The minimum atomic E-state index is -0.199. The van der Waals surface area contributed by atoms with E-state index in [1.165, 1.54) is 17.4 Å². The zero-order valence-electron chi connectivity index (χ0n) is 10.1. The van der Waals surface area contributed by atoms with Crippen LogP contribution in [-0.4, -0.2) is 12.1 Å². The third kappa shape index (κ3) is 2.93. The Balaban J connectivity index is 2.22. The van der Waals surface area contributed by atoms with Crippen molar-refractivity contribution in [1.82, 2.24) is 4.98 Å². The van der Waals surface area contributed by atoms with Crippen LogP contribution in [-0.2, 0) is 24.3 Å². The molecular formula is C13H15FN2OS. The van der Waals surface area contributed by atoms with Crippen molar-refractivity contribution in [2.75, 3.05) is 7.11 Å². The molecule has 0 saturated carbocycles. The summed E-state index contributed by atoms with van der Waals surface area (Å²) in [5.41, 5.74) is 7.17. The highest BCUT2D eigenvalue weighted by Gasteiger charge is 2.11. The van der Waals surface area contributed by atoms with Crippen molar-refractivity contribution in [1.29, 1.82) is 0 Å². The molecule has 1 aromatic heterocycles. The molecule has 2 aromatic rings. The molecule has 18 heavy (non-hydrogen) atoms. The Hall–Kier alpha value is -1.30. The van der Waals surface area contributed by atoms with Crippen molar-refractivity contribution in [3.8, 4) is 0 Å². The summed E-state index contributed by atoms with van der Waals surface area (Å²) in [5, 5.41) is 0.868. The van der Waals surface area contributed by atoms with Gasteiger partial charge in [0.15, 0.2) is 0 Å².